The minimum absolute atomic E-state index is 0.0848. The second-order valence-corrected chi connectivity index (χ2v) is 7.54. The van der Waals surface area contributed by atoms with Crippen LogP contribution in [0.2, 0.25) is 0 Å². The molecule has 0 bridgehead atoms. The second-order valence-electron chi connectivity index (χ2n) is 6.69. The maximum absolute atomic E-state index is 5.98. The highest BCUT2D eigenvalue weighted by Crippen LogP contribution is 2.46. The molecule has 0 aromatic heterocycles. The number of halogens is 1. The third-order valence-corrected chi connectivity index (χ3v) is 6.01. The summed E-state index contributed by atoms with van der Waals surface area (Å²) in [6, 6.07) is 6.73. The van der Waals surface area contributed by atoms with Gasteiger partial charge in [0.05, 0.1) is 0 Å². The first-order valence-electron chi connectivity index (χ1n) is 7.90. The fraction of sp³-hybridized carbons (Fsp3) is 0.647. The van der Waals surface area contributed by atoms with Gasteiger partial charge in [0.2, 0.25) is 0 Å². The molecule has 1 aliphatic carbocycles. The van der Waals surface area contributed by atoms with Crippen LogP contribution in [0.4, 0.5) is 5.69 Å². The SMILES string of the molecule is CC(N)c1ccc(N2CCC3(CCCC3)CC2)cc1Br. The maximum atomic E-state index is 5.98. The largest absolute Gasteiger partial charge is 0.371 e. The lowest BCUT2D eigenvalue weighted by molar-refractivity contribution is 0.226. The van der Waals surface area contributed by atoms with Crippen molar-refractivity contribution in [2.75, 3.05) is 18.0 Å². The van der Waals surface area contributed by atoms with Gasteiger partial charge >= 0.3 is 0 Å². The fourth-order valence-electron chi connectivity index (χ4n) is 3.95. The van der Waals surface area contributed by atoms with Crippen LogP contribution in [0, 0.1) is 5.41 Å². The van der Waals surface area contributed by atoms with Crippen molar-refractivity contribution in [3.05, 3.63) is 28.2 Å². The van der Waals surface area contributed by atoms with Crippen molar-refractivity contribution in [3.63, 3.8) is 0 Å². The summed E-state index contributed by atoms with van der Waals surface area (Å²) in [5.74, 6) is 0. The van der Waals surface area contributed by atoms with E-state index >= 15 is 0 Å². The Hall–Kier alpha value is -0.540. The van der Waals surface area contributed by atoms with Crippen LogP contribution < -0.4 is 10.6 Å². The van der Waals surface area contributed by atoms with Crippen LogP contribution in [0.3, 0.4) is 0 Å². The third-order valence-electron chi connectivity index (χ3n) is 5.33. The van der Waals surface area contributed by atoms with E-state index in [1.54, 1.807) is 0 Å². The first kappa shape index (κ1) is 14.4. The predicted octanol–water partition coefficient (Wildman–Crippen LogP) is 4.63. The smallest absolute Gasteiger partial charge is 0.0377 e. The highest BCUT2D eigenvalue weighted by molar-refractivity contribution is 9.10. The molecule has 1 heterocycles. The molecule has 3 rings (SSSR count). The van der Waals surface area contributed by atoms with Crippen LogP contribution >= 0.6 is 15.9 Å². The van der Waals surface area contributed by atoms with Crippen LogP contribution in [0.25, 0.3) is 0 Å². The molecule has 3 heteroatoms. The van der Waals surface area contributed by atoms with Gasteiger partial charge in [-0.1, -0.05) is 34.8 Å². The molecule has 1 atom stereocenters. The van der Waals surface area contributed by atoms with Gasteiger partial charge < -0.3 is 10.6 Å². The maximum Gasteiger partial charge on any atom is 0.0377 e. The van der Waals surface area contributed by atoms with Gasteiger partial charge in [0.25, 0.3) is 0 Å². The molecule has 2 aliphatic rings. The molecule has 2 nitrogen and oxygen atoms in total. The van der Waals surface area contributed by atoms with Gasteiger partial charge in [-0.25, -0.2) is 0 Å². The van der Waals surface area contributed by atoms with Crippen LogP contribution in [0.15, 0.2) is 22.7 Å². The molecular weight excluding hydrogens is 312 g/mol. The molecule has 1 aromatic carbocycles. The van der Waals surface area contributed by atoms with E-state index in [2.05, 4.69) is 39.0 Å². The number of nitrogens with two attached hydrogens (primary N) is 1. The van der Waals surface area contributed by atoms with E-state index in [0.717, 1.165) is 4.47 Å². The Morgan fingerprint density at radius 2 is 1.80 bits per heavy atom. The number of hydrogen-bond donors (Lipinski definition) is 1. The summed E-state index contributed by atoms with van der Waals surface area (Å²) < 4.78 is 1.14. The quantitative estimate of drug-likeness (QED) is 0.853. The molecule has 1 spiro atoms. The summed E-state index contributed by atoms with van der Waals surface area (Å²) in [6.45, 7) is 4.46. The van der Waals surface area contributed by atoms with Crippen molar-refractivity contribution >= 4 is 21.6 Å². The Labute approximate surface area is 130 Å². The first-order chi connectivity index (χ1) is 9.60. The zero-order valence-corrected chi connectivity index (χ0v) is 14.0. The van der Waals surface area contributed by atoms with Crippen molar-refractivity contribution in [2.24, 2.45) is 11.1 Å². The van der Waals surface area contributed by atoms with E-state index in [9.17, 15) is 0 Å². The lowest BCUT2D eigenvalue weighted by Crippen LogP contribution is -2.38. The van der Waals surface area contributed by atoms with Crippen LogP contribution in [-0.4, -0.2) is 13.1 Å². The lowest BCUT2D eigenvalue weighted by atomic mass is 9.77. The molecular formula is C17H25BrN2. The van der Waals surface area contributed by atoms with E-state index in [0.29, 0.717) is 5.41 Å². The average molecular weight is 337 g/mol. The Kier molecular flexibility index (Phi) is 4.09. The first-order valence-corrected chi connectivity index (χ1v) is 8.69. The standard InChI is InChI=1S/C17H25BrN2/c1-13(19)15-5-4-14(12-16(15)18)20-10-8-17(9-11-20)6-2-3-7-17/h4-5,12-13H,2-3,6-11,19H2,1H3. The van der Waals surface area contributed by atoms with E-state index in [-0.39, 0.29) is 6.04 Å². The van der Waals surface area contributed by atoms with Crippen LogP contribution in [0.1, 0.15) is 57.1 Å². The number of anilines is 1. The summed E-state index contributed by atoms with van der Waals surface area (Å²) in [6.07, 6.45) is 8.59. The van der Waals surface area contributed by atoms with Gasteiger partial charge in [0, 0.05) is 29.3 Å². The molecule has 1 saturated heterocycles. The van der Waals surface area contributed by atoms with Gasteiger partial charge in [-0.05, 0) is 55.7 Å². The van der Waals surface area contributed by atoms with Crippen molar-refractivity contribution in [3.8, 4) is 0 Å². The molecule has 2 N–H and O–H groups in total. The van der Waals surface area contributed by atoms with E-state index < -0.39 is 0 Å². The lowest BCUT2D eigenvalue weighted by Gasteiger charge is -2.40. The molecule has 1 unspecified atom stereocenters. The number of rotatable bonds is 2. The minimum Gasteiger partial charge on any atom is -0.371 e. The third kappa shape index (κ3) is 2.75. The summed E-state index contributed by atoms with van der Waals surface area (Å²) >= 11 is 3.67. The van der Waals surface area contributed by atoms with Crippen molar-refractivity contribution in [1.29, 1.82) is 0 Å². The van der Waals surface area contributed by atoms with Crippen molar-refractivity contribution in [1.82, 2.24) is 0 Å². The zero-order chi connectivity index (χ0) is 14.2. The minimum atomic E-state index is 0.0848. The molecule has 20 heavy (non-hydrogen) atoms. The molecule has 110 valence electrons. The Balaban J connectivity index is 1.70. The summed E-state index contributed by atoms with van der Waals surface area (Å²) in [4.78, 5) is 2.54. The Bertz CT molecular complexity index is 468. The number of hydrogen-bond acceptors (Lipinski definition) is 2. The van der Waals surface area contributed by atoms with Crippen LogP contribution in [-0.2, 0) is 0 Å². The van der Waals surface area contributed by atoms with E-state index in [1.807, 2.05) is 6.92 Å². The molecule has 0 radical (unpaired) electrons. The molecule has 1 aliphatic heterocycles. The molecule has 0 amide bonds. The van der Waals surface area contributed by atoms with Gasteiger partial charge in [0.1, 0.15) is 0 Å². The van der Waals surface area contributed by atoms with Crippen molar-refractivity contribution in [2.45, 2.75) is 51.5 Å². The van der Waals surface area contributed by atoms with Gasteiger partial charge in [-0.2, -0.15) is 0 Å². The number of nitrogens with zero attached hydrogens (tertiary/aromatic N) is 1. The van der Waals surface area contributed by atoms with Gasteiger partial charge in [-0.3, -0.25) is 0 Å². The van der Waals surface area contributed by atoms with Gasteiger partial charge in [0.15, 0.2) is 0 Å². The van der Waals surface area contributed by atoms with Gasteiger partial charge in [-0.15, -0.1) is 0 Å². The fourth-order valence-corrected chi connectivity index (χ4v) is 4.67. The average Bonchev–Trinajstić information content (AvgIpc) is 2.87. The summed E-state index contributed by atoms with van der Waals surface area (Å²) in [5.41, 5.74) is 9.21. The Morgan fingerprint density at radius 1 is 1.15 bits per heavy atom. The molecule has 1 saturated carbocycles. The highest BCUT2D eigenvalue weighted by Gasteiger charge is 2.36. The predicted molar refractivity (Wildman–Crippen MR) is 89.1 cm³/mol. The summed E-state index contributed by atoms with van der Waals surface area (Å²) in [7, 11) is 0. The monoisotopic (exact) mass is 336 g/mol. The second kappa shape index (κ2) is 5.69. The molecule has 1 aromatic rings. The summed E-state index contributed by atoms with van der Waals surface area (Å²) in [5, 5.41) is 0. The Morgan fingerprint density at radius 3 is 2.35 bits per heavy atom. The van der Waals surface area contributed by atoms with Crippen LogP contribution in [0.5, 0.6) is 0 Å². The van der Waals surface area contributed by atoms with E-state index in [1.165, 1.54) is 62.9 Å². The normalized spacial score (nSPS) is 23.2. The topological polar surface area (TPSA) is 29.3 Å². The van der Waals surface area contributed by atoms with Crippen molar-refractivity contribution < 1.29 is 0 Å². The van der Waals surface area contributed by atoms with E-state index in [4.69, 9.17) is 5.73 Å². The molecule has 2 fully saturated rings. The number of benzene rings is 1. The highest BCUT2D eigenvalue weighted by atomic mass is 79.9. The number of piperidine rings is 1. The zero-order valence-electron chi connectivity index (χ0n) is 12.4.